The highest BCUT2D eigenvalue weighted by molar-refractivity contribution is 5.89. The maximum atomic E-state index is 11.8. The van der Waals surface area contributed by atoms with Crippen LogP contribution in [0, 0.1) is 0 Å². The van der Waals surface area contributed by atoms with Gasteiger partial charge in [-0.25, -0.2) is 4.79 Å². The molecule has 0 spiro atoms. The maximum Gasteiger partial charge on any atom is 0.338 e. The van der Waals surface area contributed by atoms with Crippen molar-refractivity contribution in [1.82, 2.24) is 20.6 Å². The topological polar surface area (TPSA) is 93.9 Å². The second kappa shape index (κ2) is 5.35. The molecule has 0 unspecified atom stereocenters. The Morgan fingerprint density at radius 1 is 1.25 bits per heavy atom. The number of aromatic nitrogens is 4. The number of nitrogens with one attached hydrogen (secondary N) is 1. The molecule has 0 amide bonds. The molecule has 0 atom stereocenters. The minimum atomic E-state index is -0.416. The average Bonchev–Trinajstić information content (AvgIpc) is 3.18. The predicted molar refractivity (Wildman–Crippen MR) is 67.4 cm³/mol. The van der Waals surface area contributed by atoms with Crippen molar-refractivity contribution in [3.05, 3.63) is 54.0 Å². The molecule has 0 fully saturated rings. The standard InChI is InChI=1S/C13H10N4O3/c18-13(20-8-11-2-1-7-19-11)10-5-3-9(4-6-10)12-14-16-17-15-12/h1-7H,8H2,(H,14,15,16,17). The number of rotatable bonds is 4. The van der Waals surface area contributed by atoms with Crippen molar-refractivity contribution in [1.29, 1.82) is 0 Å². The minimum absolute atomic E-state index is 0.110. The first-order valence-electron chi connectivity index (χ1n) is 5.86. The first-order valence-corrected chi connectivity index (χ1v) is 5.86. The Morgan fingerprint density at radius 3 is 2.75 bits per heavy atom. The molecule has 100 valence electrons. The Kier molecular flexibility index (Phi) is 3.24. The van der Waals surface area contributed by atoms with Crippen LogP contribution in [0.25, 0.3) is 11.4 Å². The Morgan fingerprint density at radius 2 is 2.10 bits per heavy atom. The molecule has 2 heterocycles. The van der Waals surface area contributed by atoms with E-state index in [1.54, 1.807) is 36.4 Å². The van der Waals surface area contributed by atoms with Gasteiger partial charge in [0.05, 0.1) is 11.8 Å². The molecule has 2 aromatic heterocycles. The monoisotopic (exact) mass is 270 g/mol. The van der Waals surface area contributed by atoms with Crippen molar-refractivity contribution >= 4 is 5.97 Å². The summed E-state index contributed by atoms with van der Waals surface area (Å²) in [6.45, 7) is 0.110. The lowest BCUT2D eigenvalue weighted by atomic mass is 10.1. The van der Waals surface area contributed by atoms with Crippen molar-refractivity contribution in [3.63, 3.8) is 0 Å². The zero-order chi connectivity index (χ0) is 13.8. The van der Waals surface area contributed by atoms with E-state index in [4.69, 9.17) is 9.15 Å². The number of furan rings is 1. The highest BCUT2D eigenvalue weighted by Crippen LogP contribution is 2.15. The number of hydrogen-bond acceptors (Lipinski definition) is 6. The van der Waals surface area contributed by atoms with Gasteiger partial charge in [0.2, 0.25) is 5.82 Å². The second-order valence-corrected chi connectivity index (χ2v) is 3.97. The quantitative estimate of drug-likeness (QED) is 0.727. The molecule has 1 N–H and O–H groups in total. The lowest BCUT2D eigenvalue weighted by molar-refractivity contribution is 0.0445. The lowest BCUT2D eigenvalue weighted by Crippen LogP contribution is -2.04. The van der Waals surface area contributed by atoms with Crippen molar-refractivity contribution in [2.75, 3.05) is 0 Å². The summed E-state index contributed by atoms with van der Waals surface area (Å²) in [5, 5.41) is 13.6. The second-order valence-electron chi connectivity index (χ2n) is 3.97. The molecule has 7 nitrogen and oxygen atoms in total. The SMILES string of the molecule is O=C(OCc1ccco1)c1ccc(-c2nn[nH]n2)cc1. The van der Waals surface area contributed by atoms with Gasteiger partial charge < -0.3 is 9.15 Å². The predicted octanol–water partition coefficient (Wildman–Crippen LogP) is 1.82. The number of H-pyrrole nitrogens is 1. The van der Waals surface area contributed by atoms with E-state index in [2.05, 4.69) is 20.6 Å². The van der Waals surface area contributed by atoms with E-state index < -0.39 is 5.97 Å². The molecule has 0 saturated heterocycles. The minimum Gasteiger partial charge on any atom is -0.466 e. The summed E-state index contributed by atoms with van der Waals surface area (Å²) in [6, 6.07) is 10.2. The first kappa shape index (κ1) is 12.1. The van der Waals surface area contributed by atoms with E-state index in [1.165, 1.54) is 6.26 Å². The Balaban J connectivity index is 1.66. The molecule has 0 aliphatic rings. The van der Waals surface area contributed by atoms with Gasteiger partial charge in [-0.05, 0) is 29.5 Å². The summed E-state index contributed by atoms with van der Waals surface area (Å²) >= 11 is 0. The van der Waals surface area contributed by atoms with Crippen LogP contribution in [0.5, 0.6) is 0 Å². The number of hydrogen-bond donors (Lipinski definition) is 1. The van der Waals surface area contributed by atoms with E-state index in [0.717, 1.165) is 5.56 Å². The summed E-state index contributed by atoms with van der Waals surface area (Å²) in [7, 11) is 0. The Labute approximate surface area is 113 Å². The van der Waals surface area contributed by atoms with Crippen LogP contribution in [0.2, 0.25) is 0 Å². The van der Waals surface area contributed by atoms with E-state index >= 15 is 0 Å². The summed E-state index contributed by atoms with van der Waals surface area (Å²) in [5.74, 6) is 0.656. The molecule has 20 heavy (non-hydrogen) atoms. The van der Waals surface area contributed by atoms with Crippen molar-refractivity contribution < 1.29 is 13.9 Å². The molecule has 0 bridgehead atoms. The Bertz CT molecular complexity index is 675. The molecule has 0 saturated carbocycles. The fourth-order valence-electron chi connectivity index (χ4n) is 1.65. The molecule has 0 radical (unpaired) electrons. The normalized spacial score (nSPS) is 10.4. The van der Waals surface area contributed by atoms with Gasteiger partial charge in [-0.2, -0.15) is 5.21 Å². The molecule has 0 aliphatic carbocycles. The Hall–Kier alpha value is -2.96. The van der Waals surface area contributed by atoms with Crippen molar-refractivity contribution in [2.45, 2.75) is 6.61 Å². The first-order chi connectivity index (χ1) is 9.83. The van der Waals surface area contributed by atoms with Crippen LogP contribution in [0.3, 0.4) is 0 Å². The largest absolute Gasteiger partial charge is 0.466 e. The van der Waals surface area contributed by atoms with E-state index in [-0.39, 0.29) is 6.61 Å². The molecule has 1 aromatic carbocycles. The highest BCUT2D eigenvalue weighted by atomic mass is 16.5. The van der Waals surface area contributed by atoms with Crippen LogP contribution in [-0.4, -0.2) is 26.6 Å². The van der Waals surface area contributed by atoms with Crippen molar-refractivity contribution in [3.8, 4) is 11.4 Å². The zero-order valence-corrected chi connectivity index (χ0v) is 10.3. The van der Waals surface area contributed by atoms with Crippen LogP contribution in [0.1, 0.15) is 16.1 Å². The summed E-state index contributed by atoms with van der Waals surface area (Å²) in [6.07, 6.45) is 1.53. The van der Waals surface area contributed by atoms with Crippen LogP contribution in [0.4, 0.5) is 0 Å². The number of nitrogens with zero attached hydrogens (tertiary/aromatic N) is 3. The molecule has 3 rings (SSSR count). The summed E-state index contributed by atoms with van der Waals surface area (Å²) < 4.78 is 10.2. The van der Waals surface area contributed by atoms with Crippen LogP contribution >= 0.6 is 0 Å². The molecule has 0 aliphatic heterocycles. The lowest BCUT2D eigenvalue weighted by Gasteiger charge is -2.03. The number of benzene rings is 1. The van der Waals surface area contributed by atoms with Crippen LogP contribution in [0.15, 0.2) is 47.1 Å². The van der Waals surface area contributed by atoms with E-state index in [1.807, 2.05) is 0 Å². The third-order valence-corrected chi connectivity index (χ3v) is 2.65. The molecular formula is C13H10N4O3. The fraction of sp³-hybridized carbons (Fsp3) is 0.0769. The number of esters is 1. The number of carbonyl (C=O) groups excluding carboxylic acids is 1. The van der Waals surface area contributed by atoms with Gasteiger partial charge in [-0.15, -0.1) is 10.2 Å². The highest BCUT2D eigenvalue weighted by Gasteiger charge is 2.09. The van der Waals surface area contributed by atoms with Gasteiger partial charge in [0.25, 0.3) is 0 Å². The summed E-state index contributed by atoms with van der Waals surface area (Å²) in [5.41, 5.74) is 1.21. The number of tetrazole rings is 1. The molecule has 7 heteroatoms. The smallest absolute Gasteiger partial charge is 0.338 e. The third kappa shape index (κ3) is 2.56. The van der Waals surface area contributed by atoms with Gasteiger partial charge >= 0.3 is 5.97 Å². The van der Waals surface area contributed by atoms with Gasteiger partial charge in [-0.3, -0.25) is 0 Å². The number of ether oxygens (including phenoxy) is 1. The van der Waals surface area contributed by atoms with Gasteiger partial charge in [0, 0.05) is 5.56 Å². The number of aromatic amines is 1. The molecule has 3 aromatic rings. The zero-order valence-electron chi connectivity index (χ0n) is 10.3. The van der Waals surface area contributed by atoms with Gasteiger partial charge in [0.15, 0.2) is 0 Å². The van der Waals surface area contributed by atoms with Crippen LogP contribution < -0.4 is 0 Å². The van der Waals surface area contributed by atoms with Crippen molar-refractivity contribution in [2.24, 2.45) is 0 Å². The molecular weight excluding hydrogens is 260 g/mol. The van der Waals surface area contributed by atoms with Gasteiger partial charge in [0.1, 0.15) is 12.4 Å². The third-order valence-electron chi connectivity index (χ3n) is 2.65. The maximum absolute atomic E-state index is 11.8. The van der Waals surface area contributed by atoms with E-state index in [9.17, 15) is 4.79 Å². The average molecular weight is 270 g/mol. The van der Waals surface area contributed by atoms with Crippen LogP contribution in [-0.2, 0) is 11.3 Å². The number of carbonyl (C=O) groups is 1. The fourth-order valence-corrected chi connectivity index (χ4v) is 1.65. The summed E-state index contributed by atoms with van der Waals surface area (Å²) in [4.78, 5) is 11.8. The van der Waals surface area contributed by atoms with Gasteiger partial charge in [-0.1, -0.05) is 12.1 Å². The van der Waals surface area contributed by atoms with E-state index in [0.29, 0.717) is 17.1 Å².